The highest BCUT2D eigenvalue weighted by Crippen LogP contribution is 2.30. The minimum Gasteiger partial charge on any atom is -0.495 e. The number of methoxy groups -OCH3 is 1. The van der Waals surface area contributed by atoms with E-state index in [0.717, 1.165) is 0 Å². The molecule has 0 spiro atoms. The number of rotatable bonds is 6. The smallest absolute Gasteiger partial charge is 0.227 e. The summed E-state index contributed by atoms with van der Waals surface area (Å²) in [6.45, 7) is 2.60. The van der Waals surface area contributed by atoms with E-state index in [0.29, 0.717) is 41.2 Å². The third-order valence-corrected chi connectivity index (χ3v) is 6.30. The van der Waals surface area contributed by atoms with Crippen LogP contribution in [0.3, 0.4) is 0 Å². The highest BCUT2D eigenvalue weighted by molar-refractivity contribution is 7.91. The lowest BCUT2D eigenvalue weighted by Crippen LogP contribution is -2.37. The Kier molecular flexibility index (Phi) is 5.52. The van der Waals surface area contributed by atoms with E-state index in [-0.39, 0.29) is 17.5 Å². The second-order valence-electron chi connectivity index (χ2n) is 6.05. The number of aromatic nitrogens is 2. The molecule has 3 rings (SSSR count). The average Bonchev–Trinajstić information content (AvgIpc) is 2.96. The van der Waals surface area contributed by atoms with Gasteiger partial charge in [-0.25, -0.2) is 13.4 Å². The summed E-state index contributed by atoms with van der Waals surface area (Å²) in [5.74, 6) is 2.08. The Balaban J connectivity index is 1.85. The van der Waals surface area contributed by atoms with Crippen LogP contribution < -0.4 is 15.0 Å². The Labute approximate surface area is 158 Å². The van der Waals surface area contributed by atoms with Gasteiger partial charge in [0.25, 0.3) is 0 Å². The van der Waals surface area contributed by atoms with E-state index in [9.17, 15) is 8.42 Å². The van der Waals surface area contributed by atoms with Gasteiger partial charge in [-0.3, -0.25) is 0 Å². The number of nitrogens with zero attached hydrogens (tertiary/aromatic N) is 3. The molecule has 9 heteroatoms. The molecule has 1 fully saturated rings. The summed E-state index contributed by atoms with van der Waals surface area (Å²) in [7, 11) is -1.39. The summed E-state index contributed by atoms with van der Waals surface area (Å²) >= 11 is 6.06. The van der Waals surface area contributed by atoms with Crippen LogP contribution in [0.25, 0.3) is 0 Å². The number of anilines is 3. The van der Waals surface area contributed by atoms with Crippen LogP contribution in [0, 0.1) is 0 Å². The SMILES string of the molecule is CCN(c1nccc(Nc2cc(Cl)ccc2OC)n1)C1CCS(=O)(=O)C1. The molecule has 2 heterocycles. The van der Waals surface area contributed by atoms with E-state index in [1.165, 1.54) is 0 Å². The molecule has 0 bridgehead atoms. The number of nitrogens with one attached hydrogen (secondary N) is 1. The highest BCUT2D eigenvalue weighted by atomic mass is 35.5. The Morgan fingerprint density at radius 3 is 2.85 bits per heavy atom. The number of halogens is 1. The molecule has 1 N–H and O–H groups in total. The lowest BCUT2D eigenvalue weighted by Gasteiger charge is -2.27. The minimum atomic E-state index is -2.98. The van der Waals surface area contributed by atoms with Crippen LogP contribution in [-0.2, 0) is 9.84 Å². The summed E-state index contributed by atoms with van der Waals surface area (Å²) in [4.78, 5) is 10.8. The predicted octanol–water partition coefficient (Wildman–Crippen LogP) is 2.90. The molecule has 7 nitrogen and oxygen atoms in total. The van der Waals surface area contributed by atoms with Crippen molar-refractivity contribution in [3.63, 3.8) is 0 Å². The molecule has 0 amide bonds. The van der Waals surface area contributed by atoms with Crippen molar-refractivity contribution < 1.29 is 13.2 Å². The van der Waals surface area contributed by atoms with Gasteiger partial charge in [-0.05, 0) is 37.6 Å². The largest absolute Gasteiger partial charge is 0.495 e. The molecule has 1 aliphatic heterocycles. The van der Waals surface area contributed by atoms with Gasteiger partial charge in [0.05, 0.1) is 24.3 Å². The average molecular weight is 397 g/mol. The van der Waals surface area contributed by atoms with Crippen molar-refractivity contribution in [2.45, 2.75) is 19.4 Å². The molecule has 1 aliphatic rings. The quantitative estimate of drug-likeness (QED) is 0.803. The maximum atomic E-state index is 11.8. The molecule has 0 saturated carbocycles. The maximum absolute atomic E-state index is 11.8. The van der Waals surface area contributed by atoms with Gasteiger partial charge < -0.3 is 15.0 Å². The van der Waals surface area contributed by atoms with Crippen LogP contribution in [0.15, 0.2) is 30.5 Å². The summed E-state index contributed by atoms with van der Waals surface area (Å²) in [6, 6.07) is 6.91. The van der Waals surface area contributed by atoms with Gasteiger partial charge in [0, 0.05) is 23.8 Å². The summed E-state index contributed by atoms with van der Waals surface area (Å²) in [5.41, 5.74) is 0.691. The van der Waals surface area contributed by atoms with E-state index in [1.54, 1.807) is 37.6 Å². The van der Waals surface area contributed by atoms with Crippen LogP contribution in [0.4, 0.5) is 17.5 Å². The Bertz CT molecular complexity index is 891. The monoisotopic (exact) mass is 396 g/mol. The van der Waals surface area contributed by atoms with E-state index < -0.39 is 9.84 Å². The lowest BCUT2D eigenvalue weighted by atomic mass is 10.2. The van der Waals surface area contributed by atoms with Crippen LogP contribution in [0.2, 0.25) is 5.02 Å². The van der Waals surface area contributed by atoms with Crippen molar-refractivity contribution in [1.29, 1.82) is 0 Å². The summed E-state index contributed by atoms with van der Waals surface area (Å²) < 4.78 is 28.9. The van der Waals surface area contributed by atoms with Crippen LogP contribution in [-0.4, -0.2) is 49.6 Å². The predicted molar refractivity (Wildman–Crippen MR) is 103 cm³/mol. The second-order valence-corrected chi connectivity index (χ2v) is 8.72. The molecule has 0 radical (unpaired) electrons. The first kappa shape index (κ1) is 18.7. The van der Waals surface area contributed by atoms with E-state index in [2.05, 4.69) is 15.3 Å². The third-order valence-electron chi connectivity index (χ3n) is 4.31. The molecule has 1 atom stereocenters. The van der Waals surface area contributed by atoms with Crippen molar-refractivity contribution in [3.05, 3.63) is 35.5 Å². The molecule has 26 heavy (non-hydrogen) atoms. The Hall–Kier alpha value is -2.06. The Morgan fingerprint density at radius 2 is 2.19 bits per heavy atom. The van der Waals surface area contributed by atoms with Crippen molar-refractivity contribution in [2.24, 2.45) is 0 Å². The van der Waals surface area contributed by atoms with Crippen molar-refractivity contribution in [2.75, 3.05) is 35.4 Å². The second kappa shape index (κ2) is 7.67. The molecule has 140 valence electrons. The number of hydrogen-bond donors (Lipinski definition) is 1. The molecule has 1 aromatic carbocycles. The van der Waals surface area contributed by atoms with Crippen LogP contribution in [0.5, 0.6) is 5.75 Å². The number of sulfone groups is 1. The first-order chi connectivity index (χ1) is 12.4. The molecular formula is C17H21ClN4O3S. The first-order valence-electron chi connectivity index (χ1n) is 8.32. The first-order valence-corrected chi connectivity index (χ1v) is 10.5. The van der Waals surface area contributed by atoms with Gasteiger partial charge in [0.2, 0.25) is 5.95 Å². The van der Waals surface area contributed by atoms with Crippen LogP contribution in [0.1, 0.15) is 13.3 Å². The van der Waals surface area contributed by atoms with Gasteiger partial charge in [-0.1, -0.05) is 11.6 Å². The zero-order valence-electron chi connectivity index (χ0n) is 14.6. The van der Waals surface area contributed by atoms with Gasteiger partial charge in [-0.2, -0.15) is 4.98 Å². The number of hydrogen-bond acceptors (Lipinski definition) is 7. The van der Waals surface area contributed by atoms with Crippen molar-refractivity contribution >= 4 is 38.9 Å². The molecule has 0 aliphatic carbocycles. The fraction of sp³-hybridized carbons (Fsp3) is 0.412. The summed E-state index contributed by atoms with van der Waals surface area (Å²) in [5, 5.41) is 3.76. The van der Waals surface area contributed by atoms with E-state index >= 15 is 0 Å². The van der Waals surface area contributed by atoms with Crippen LogP contribution >= 0.6 is 11.6 Å². The van der Waals surface area contributed by atoms with Gasteiger partial charge in [0.15, 0.2) is 9.84 Å². The van der Waals surface area contributed by atoms with E-state index in [4.69, 9.17) is 16.3 Å². The van der Waals surface area contributed by atoms with Crippen molar-refractivity contribution in [1.82, 2.24) is 9.97 Å². The molecule has 1 aromatic heterocycles. The maximum Gasteiger partial charge on any atom is 0.227 e. The topological polar surface area (TPSA) is 84.4 Å². The number of benzene rings is 1. The summed E-state index contributed by atoms with van der Waals surface area (Å²) in [6.07, 6.45) is 2.24. The fourth-order valence-corrected chi connectivity index (χ4v) is 4.96. The number of ether oxygens (including phenoxy) is 1. The van der Waals surface area contributed by atoms with Gasteiger partial charge in [-0.15, -0.1) is 0 Å². The normalized spacial score (nSPS) is 18.5. The Morgan fingerprint density at radius 1 is 1.38 bits per heavy atom. The molecule has 1 saturated heterocycles. The van der Waals surface area contributed by atoms with E-state index in [1.807, 2.05) is 11.8 Å². The zero-order chi connectivity index (χ0) is 18.7. The van der Waals surface area contributed by atoms with Crippen molar-refractivity contribution in [3.8, 4) is 5.75 Å². The lowest BCUT2D eigenvalue weighted by molar-refractivity contribution is 0.417. The highest BCUT2D eigenvalue weighted by Gasteiger charge is 2.32. The molecular weight excluding hydrogens is 376 g/mol. The van der Waals surface area contributed by atoms with Gasteiger partial charge in [0.1, 0.15) is 11.6 Å². The van der Waals surface area contributed by atoms with Gasteiger partial charge >= 0.3 is 0 Å². The molecule has 1 unspecified atom stereocenters. The fourth-order valence-electron chi connectivity index (χ4n) is 3.06. The molecule has 2 aromatic rings. The third kappa shape index (κ3) is 4.19. The standard InChI is InChI=1S/C17H21ClN4O3S/c1-3-22(13-7-9-26(23,24)11-13)17-19-8-6-16(21-17)20-14-10-12(18)4-5-15(14)25-2/h4-6,8,10,13H,3,7,9,11H2,1-2H3,(H,19,20,21). The minimum absolute atomic E-state index is 0.0963. The zero-order valence-corrected chi connectivity index (χ0v) is 16.2.